The normalized spacial score (nSPS) is 23.1. The Balaban J connectivity index is 1.35. The number of aryl methyl sites for hydroxylation is 1. The number of nitrogens with zero attached hydrogens (tertiary/aromatic N) is 6. The summed E-state index contributed by atoms with van der Waals surface area (Å²) in [5.74, 6) is 0.745. The van der Waals surface area contributed by atoms with Crippen LogP contribution in [0.5, 0.6) is 0 Å². The highest BCUT2D eigenvalue weighted by Gasteiger charge is 2.45. The SMILES string of the molecule is CC1(C2CCN(C(=O)CCn3cnnn3)CC2)CCCCN(Cc2ccccc2)C1=O. The predicted molar refractivity (Wildman–Crippen MR) is 116 cm³/mol. The van der Waals surface area contributed by atoms with Crippen molar-refractivity contribution in [3.05, 3.63) is 42.2 Å². The summed E-state index contributed by atoms with van der Waals surface area (Å²) in [7, 11) is 0. The van der Waals surface area contributed by atoms with Gasteiger partial charge in [-0.1, -0.05) is 43.7 Å². The molecule has 1 aromatic heterocycles. The van der Waals surface area contributed by atoms with E-state index in [0.29, 0.717) is 25.4 Å². The lowest BCUT2D eigenvalue weighted by Crippen LogP contribution is -2.49. The summed E-state index contributed by atoms with van der Waals surface area (Å²) in [5, 5.41) is 11.0. The molecule has 1 atom stereocenters. The number of rotatable bonds is 6. The van der Waals surface area contributed by atoms with Crippen LogP contribution in [0.15, 0.2) is 36.7 Å². The Morgan fingerprint density at radius 3 is 2.61 bits per heavy atom. The molecule has 0 N–H and O–H groups in total. The second-order valence-corrected chi connectivity index (χ2v) is 9.06. The minimum atomic E-state index is -0.340. The lowest BCUT2D eigenvalue weighted by molar-refractivity contribution is -0.146. The molecule has 31 heavy (non-hydrogen) atoms. The molecule has 1 aromatic carbocycles. The van der Waals surface area contributed by atoms with Gasteiger partial charge < -0.3 is 9.80 Å². The molecule has 2 aliphatic heterocycles. The first kappa shape index (κ1) is 21.5. The van der Waals surface area contributed by atoms with E-state index in [4.69, 9.17) is 0 Å². The van der Waals surface area contributed by atoms with Gasteiger partial charge in [0.25, 0.3) is 0 Å². The van der Waals surface area contributed by atoms with E-state index in [-0.39, 0.29) is 17.2 Å². The van der Waals surface area contributed by atoms with Gasteiger partial charge in [0.15, 0.2) is 0 Å². The number of likely N-dealkylation sites (tertiary alicyclic amines) is 2. The monoisotopic (exact) mass is 424 g/mol. The summed E-state index contributed by atoms with van der Waals surface area (Å²) in [6.07, 6.45) is 6.78. The Labute approximate surface area is 183 Å². The first-order valence-electron chi connectivity index (χ1n) is 11.4. The van der Waals surface area contributed by atoms with E-state index < -0.39 is 0 Å². The van der Waals surface area contributed by atoms with Crippen LogP contribution in [0.4, 0.5) is 0 Å². The molecule has 0 bridgehead atoms. The van der Waals surface area contributed by atoms with Crippen molar-refractivity contribution in [2.24, 2.45) is 11.3 Å². The molecule has 4 rings (SSSR count). The van der Waals surface area contributed by atoms with Gasteiger partial charge in [-0.05, 0) is 47.6 Å². The molecule has 0 aliphatic carbocycles. The van der Waals surface area contributed by atoms with Crippen molar-refractivity contribution < 1.29 is 9.59 Å². The van der Waals surface area contributed by atoms with Crippen LogP contribution in [0.2, 0.25) is 0 Å². The van der Waals surface area contributed by atoms with E-state index in [1.807, 2.05) is 23.1 Å². The minimum Gasteiger partial charge on any atom is -0.343 e. The van der Waals surface area contributed by atoms with Crippen LogP contribution in [-0.4, -0.2) is 61.5 Å². The number of piperidine rings is 1. The van der Waals surface area contributed by atoms with Crippen LogP contribution in [-0.2, 0) is 22.7 Å². The molecule has 2 aliphatic rings. The predicted octanol–water partition coefficient (Wildman–Crippen LogP) is 2.52. The maximum absolute atomic E-state index is 13.6. The maximum atomic E-state index is 13.6. The second-order valence-electron chi connectivity index (χ2n) is 9.06. The Bertz CT molecular complexity index is 863. The summed E-state index contributed by atoms with van der Waals surface area (Å²) in [5.41, 5.74) is 0.843. The highest BCUT2D eigenvalue weighted by molar-refractivity contribution is 5.83. The molecule has 2 amide bonds. The van der Waals surface area contributed by atoms with Crippen molar-refractivity contribution in [1.82, 2.24) is 30.0 Å². The molecule has 0 saturated carbocycles. The third-order valence-corrected chi connectivity index (χ3v) is 7.06. The smallest absolute Gasteiger partial charge is 0.229 e. The van der Waals surface area contributed by atoms with E-state index in [0.717, 1.165) is 51.7 Å². The number of benzene rings is 1. The van der Waals surface area contributed by atoms with E-state index in [2.05, 4.69) is 39.5 Å². The molecular formula is C23H32N6O2. The minimum absolute atomic E-state index is 0.136. The summed E-state index contributed by atoms with van der Waals surface area (Å²) >= 11 is 0. The van der Waals surface area contributed by atoms with Gasteiger partial charge in [-0.15, -0.1) is 5.10 Å². The van der Waals surface area contributed by atoms with Crippen LogP contribution >= 0.6 is 0 Å². The van der Waals surface area contributed by atoms with Gasteiger partial charge in [0.2, 0.25) is 11.8 Å². The zero-order valence-corrected chi connectivity index (χ0v) is 18.3. The molecule has 1 unspecified atom stereocenters. The lowest BCUT2D eigenvalue weighted by Gasteiger charge is -2.43. The van der Waals surface area contributed by atoms with E-state index in [9.17, 15) is 9.59 Å². The number of amides is 2. The molecular weight excluding hydrogens is 392 g/mol. The molecule has 2 fully saturated rings. The van der Waals surface area contributed by atoms with Crippen LogP contribution < -0.4 is 0 Å². The molecule has 0 radical (unpaired) electrons. The van der Waals surface area contributed by atoms with Crippen LogP contribution in [0.1, 0.15) is 51.0 Å². The fourth-order valence-corrected chi connectivity index (χ4v) is 5.12. The molecule has 2 saturated heterocycles. The van der Waals surface area contributed by atoms with Gasteiger partial charge in [0, 0.05) is 38.0 Å². The first-order valence-corrected chi connectivity index (χ1v) is 11.4. The third-order valence-electron chi connectivity index (χ3n) is 7.06. The summed E-state index contributed by atoms with van der Waals surface area (Å²) in [4.78, 5) is 30.2. The summed E-state index contributed by atoms with van der Waals surface area (Å²) in [6, 6.07) is 10.3. The molecule has 8 nitrogen and oxygen atoms in total. The van der Waals surface area contributed by atoms with E-state index in [1.165, 1.54) is 11.9 Å². The number of hydrogen-bond acceptors (Lipinski definition) is 5. The zero-order chi connectivity index (χ0) is 21.7. The number of aromatic nitrogens is 4. The molecule has 0 spiro atoms. The average molecular weight is 425 g/mol. The highest BCUT2D eigenvalue weighted by atomic mass is 16.2. The number of carbonyl (C=O) groups excluding carboxylic acids is 2. The van der Waals surface area contributed by atoms with E-state index in [1.54, 1.807) is 4.68 Å². The summed E-state index contributed by atoms with van der Waals surface area (Å²) in [6.45, 7) is 5.62. The van der Waals surface area contributed by atoms with Gasteiger partial charge in [0.05, 0.1) is 6.54 Å². The zero-order valence-electron chi connectivity index (χ0n) is 18.3. The molecule has 2 aromatic rings. The van der Waals surface area contributed by atoms with Crippen molar-refractivity contribution in [3.63, 3.8) is 0 Å². The molecule has 3 heterocycles. The molecule has 8 heteroatoms. The summed E-state index contributed by atoms with van der Waals surface area (Å²) < 4.78 is 1.58. The molecule has 166 valence electrons. The van der Waals surface area contributed by atoms with Gasteiger partial charge in [0.1, 0.15) is 6.33 Å². The van der Waals surface area contributed by atoms with Gasteiger partial charge in [-0.2, -0.15) is 0 Å². The quantitative estimate of drug-likeness (QED) is 0.711. The number of hydrogen-bond donors (Lipinski definition) is 0. The maximum Gasteiger partial charge on any atom is 0.229 e. The van der Waals surface area contributed by atoms with Crippen molar-refractivity contribution in [2.45, 2.75) is 58.5 Å². The third kappa shape index (κ3) is 4.94. The highest BCUT2D eigenvalue weighted by Crippen LogP contribution is 2.43. The Hall–Kier alpha value is -2.77. The van der Waals surface area contributed by atoms with Gasteiger partial charge in [-0.25, -0.2) is 4.68 Å². The van der Waals surface area contributed by atoms with Crippen LogP contribution in [0.25, 0.3) is 0 Å². The largest absolute Gasteiger partial charge is 0.343 e. The Kier molecular flexibility index (Phi) is 6.63. The second kappa shape index (κ2) is 9.58. The van der Waals surface area contributed by atoms with Gasteiger partial charge in [-0.3, -0.25) is 9.59 Å². The fourth-order valence-electron chi connectivity index (χ4n) is 5.12. The lowest BCUT2D eigenvalue weighted by atomic mass is 9.69. The Morgan fingerprint density at radius 1 is 1.13 bits per heavy atom. The van der Waals surface area contributed by atoms with Crippen LogP contribution in [0, 0.1) is 11.3 Å². The van der Waals surface area contributed by atoms with Crippen LogP contribution in [0.3, 0.4) is 0 Å². The topological polar surface area (TPSA) is 84.2 Å². The van der Waals surface area contributed by atoms with E-state index >= 15 is 0 Å². The van der Waals surface area contributed by atoms with Gasteiger partial charge >= 0.3 is 0 Å². The average Bonchev–Trinajstić information content (AvgIpc) is 3.28. The van der Waals surface area contributed by atoms with Crippen molar-refractivity contribution >= 4 is 11.8 Å². The van der Waals surface area contributed by atoms with Crippen molar-refractivity contribution in [1.29, 1.82) is 0 Å². The first-order chi connectivity index (χ1) is 15.1. The Morgan fingerprint density at radius 2 is 1.90 bits per heavy atom. The standard InChI is InChI=1S/C23H32N6O2/c1-23(12-5-6-13-28(22(23)31)17-19-7-3-2-4-8-19)20-9-14-27(15-10-20)21(30)11-16-29-18-24-25-26-29/h2-4,7-8,18,20H,5-6,9-17H2,1H3. The number of carbonyl (C=O) groups is 2. The number of tetrazole rings is 1. The van der Waals surface area contributed by atoms with Crippen molar-refractivity contribution in [2.75, 3.05) is 19.6 Å². The fraction of sp³-hybridized carbons (Fsp3) is 0.609. The van der Waals surface area contributed by atoms with Crippen molar-refractivity contribution in [3.8, 4) is 0 Å².